The highest BCUT2D eigenvalue weighted by Crippen LogP contribution is 2.08. The van der Waals surface area contributed by atoms with E-state index in [1.807, 2.05) is 0 Å². The first-order valence-electron chi connectivity index (χ1n) is 3.76. The second-order valence-corrected chi connectivity index (χ2v) is 4.49. The van der Waals surface area contributed by atoms with Crippen LogP contribution in [0.15, 0.2) is 35.8 Å². The standard InChI is InChI=1S/C9H14O2S/c1-4-7-9(8-5-2)12(10,11)6-3/h4-5,7-8H,1,6H2,2-3H3. The minimum atomic E-state index is -3.08. The van der Waals surface area contributed by atoms with E-state index < -0.39 is 9.84 Å². The molecule has 12 heavy (non-hydrogen) atoms. The van der Waals surface area contributed by atoms with Crippen molar-refractivity contribution in [1.82, 2.24) is 0 Å². The van der Waals surface area contributed by atoms with Crippen molar-refractivity contribution in [2.45, 2.75) is 13.8 Å². The van der Waals surface area contributed by atoms with Crippen molar-refractivity contribution in [1.29, 1.82) is 0 Å². The summed E-state index contributed by atoms with van der Waals surface area (Å²) in [4.78, 5) is 0.322. The monoisotopic (exact) mass is 186 g/mol. The van der Waals surface area contributed by atoms with E-state index in [1.165, 1.54) is 12.2 Å². The summed E-state index contributed by atoms with van der Waals surface area (Å²) >= 11 is 0. The summed E-state index contributed by atoms with van der Waals surface area (Å²) in [6, 6.07) is 0. The molecular weight excluding hydrogens is 172 g/mol. The van der Waals surface area contributed by atoms with Gasteiger partial charge in [0, 0.05) is 0 Å². The largest absolute Gasteiger partial charge is 0.224 e. The first kappa shape index (κ1) is 11.2. The molecule has 0 unspecified atom stereocenters. The summed E-state index contributed by atoms with van der Waals surface area (Å²) in [5, 5.41) is 0. The Morgan fingerprint density at radius 2 is 2.08 bits per heavy atom. The van der Waals surface area contributed by atoms with Gasteiger partial charge in [0.25, 0.3) is 0 Å². The van der Waals surface area contributed by atoms with Crippen molar-refractivity contribution in [2.24, 2.45) is 0 Å². The maximum Gasteiger partial charge on any atom is 0.178 e. The second-order valence-electron chi connectivity index (χ2n) is 2.21. The summed E-state index contributed by atoms with van der Waals surface area (Å²) in [7, 11) is -3.08. The highest BCUT2D eigenvalue weighted by molar-refractivity contribution is 7.95. The Hall–Kier alpha value is -0.830. The van der Waals surface area contributed by atoms with Gasteiger partial charge in [-0.25, -0.2) is 8.42 Å². The molecule has 0 rings (SSSR count). The summed E-state index contributed by atoms with van der Waals surface area (Å²) in [5.74, 6) is 0.122. The molecule has 0 atom stereocenters. The summed E-state index contributed by atoms with van der Waals surface area (Å²) in [6.45, 7) is 6.86. The molecule has 0 fully saturated rings. The minimum absolute atomic E-state index is 0.122. The molecule has 0 amide bonds. The van der Waals surface area contributed by atoms with Crippen molar-refractivity contribution in [3.8, 4) is 0 Å². The van der Waals surface area contributed by atoms with Crippen LogP contribution >= 0.6 is 0 Å². The summed E-state index contributed by atoms with van der Waals surface area (Å²) in [5.41, 5.74) is 0. The summed E-state index contributed by atoms with van der Waals surface area (Å²) in [6.07, 6.45) is 6.24. The Kier molecular flexibility index (Phi) is 4.59. The van der Waals surface area contributed by atoms with Crippen LogP contribution in [0.4, 0.5) is 0 Å². The first-order chi connectivity index (χ1) is 5.58. The second kappa shape index (κ2) is 4.93. The van der Waals surface area contributed by atoms with E-state index in [9.17, 15) is 8.42 Å². The third kappa shape index (κ3) is 3.05. The Morgan fingerprint density at radius 3 is 2.42 bits per heavy atom. The lowest BCUT2D eigenvalue weighted by molar-refractivity contribution is 0.604. The van der Waals surface area contributed by atoms with Crippen molar-refractivity contribution in [3.05, 3.63) is 35.8 Å². The van der Waals surface area contributed by atoms with Gasteiger partial charge in [-0.1, -0.05) is 25.7 Å². The molecule has 3 heteroatoms. The fraction of sp³-hybridized carbons (Fsp3) is 0.333. The molecule has 0 spiro atoms. The number of rotatable bonds is 4. The third-order valence-corrected chi connectivity index (χ3v) is 3.10. The van der Waals surface area contributed by atoms with E-state index in [1.54, 1.807) is 26.0 Å². The lowest BCUT2D eigenvalue weighted by atomic mass is 10.4. The molecule has 0 aliphatic carbocycles. The Balaban J connectivity index is 5.02. The van der Waals surface area contributed by atoms with Crippen LogP contribution in [0.1, 0.15) is 13.8 Å². The first-order valence-corrected chi connectivity index (χ1v) is 5.42. The zero-order valence-electron chi connectivity index (χ0n) is 7.45. The number of allylic oxidation sites excluding steroid dienone is 4. The Labute approximate surface area is 74.2 Å². The average molecular weight is 186 g/mol. The highest BCUT2D eigenvalue weighted by atomic mass is 32.2. The van der Waals surface area contributed by atoms with E-state index in [0.29, 0.717) is 4.91 Å². The quantitative estimate of drug-likeness (QED) is 0.630. The van der Waals surface area contributed by atoms with Gasteiger partial charge in [0.2, 0.25) is 0 Å². The Bertz CT molecular complexity index is 294. The number of hydrogen-bond acceptors (Lipinski definition) is 2. The van der Waals surface area contributed by atoms with Crippen LogP contribution in [0.2, 0.25) is 0 Å². The lowest BCUT2D eigenvalue weighted by Gasteiger charge is -1.99. The zero-order chi connectivity index (χ0) is 9.61. The topological polar surface area (TPSA) is 34.1 Å². The van der Waals surface area contributed by atoms with Crippen LogP contribution in [0.25, 0.3) is 0 Å². The van der Waals surface area contributed by atoms with Crippen LogP contribution in [-0.2, 0) is 9.84 Å². The van der Waals surface area contributed by atoms with Crippen LogP contribution in [0, 0.1) is 0 Å². The van der Waals surface area contributed by atoms with Gasteiger partial charge in [0.15, 0.2) is 9.84 Å². The predicted octanol–water partition coefficient (Wildman–Crippen LogP) is 2.07. The van der Waals surface area contributed by atoms with Crippen LogP contribution in [0.5, 0.6) is 0 Å². The van der Waals surface area contributed by atoms with Gasteiger partial charge in [-0.15, -0.1) is 0 Å². The predicted molar refractivity (Wildman–Crippen MR) is 52.6 cm³/mol. The maximum atomic E-state index is 11.3. The van der Waals surface area contributed by atoms with Gasteiger partial charge in [-0.3, -0.25) is 0 Å². The van der Waals surface area contributed by atoms with Gasteiger partial charge >= 0.3 is 0 Å². The molecule has 0 aromatic heterocycles. The summed E-state index contributed by atoms with van der Waals surface area (Å²) < 4.78 is 22.6. The van der Waals surface area contributed by atoms with E-state index in [2.05, 4.69) is 6.58 Å². The molecule has 2 nitrogen and oxygen atoms in total. The molecule has 0 aromatic carbocycles. The van der Waals surface area contributed by atoms with Crippen molar-refractivity contribution >= 4 is 9.84 Å². The molecule has 0 bridgehead atoms. The molecule has 0 saturated heterocycles. The van der Waals surface area contributed by atoms with Crippen LogP contribution in [-0.4, -0.2) is 14.2 Å². The molecule has 0 heterocycles. The van der Waals surface area contributed by atoms with E-state index in [0.717, 1.165) is 0 Å². The molecule has 0 aliphatic heterocycles. The molecular formula is C9H14O2S. The fourth-order valence-electron chi connectivity index (χ4n) is 0.710. The van der Waals surface area contributed by atoms with E-state index >= 15 is 0 Å². The van der Waals surface area contributed by atoms with Gasteiger partial charge in [-0.05, 0) is 19.1 Å². The SMILES string of the molecule is C=CC=C(C=CC)S(=O)(=O)CC. The third-order valence-electron chi connectivity index (χ3n) is 1.35. The molecule has 0 N–H and O–H groups in total. The van der Waals surface area contributed by atoms with E-state index in [-0.39, 0.29) is 5.75 Å². The number of hydrogen-bond donors (Lipinski definition) is 0. The minimum Gasteiger partial charge on any atom is -0.224 e. The molecule has 0 radical (unpaired) electrons. The normalized spacial score (nSPS) is 13.7. The Morgan fingerprint density at radius 1 is 1.50 bits per heavy atom. The molecule has 68 valence electrons. The lowest BCUT2D eigenvalue weighted by Crippen LogP contribution is -2.04. The van der Waals surface area contributed by atoms with E-state index in [4.69, 9.17) is 0 Å². The maximum absolute atomic E-state index is 11.3. The molecule has 0 saturated carbocycles. The number of sulfone groups is 1. The average Bonchev–Trinajstić information content (AvgIpc) is 2.04. The van der Waals surface area contributed by atoms with Crippen molar-refractivity contribution < 1.29 is 8.42 Å². The van der Waals surface area contributed by atoms with Crippen LogP contribution in [0.3, 0.4) is 0 Å². The smallest absolute Gasteiger partial charge is 0.178 e. The van der Waals surface area contributed by atoms with Crippen molar-refractivity contribution in [3.63, 3.8) is 0 Å². The molecule has 0 aliphatic rings. The van der Waals surface area contributed by atoms with Gasteiger partial charge in [-0.2, -0.15) is 0 Å². The molecule has 0 aromatic rings. The highest BCUT2D eigenvalue weighted by Gasteiger charge is 2.10. The fourth-order valence-corrected chi connectivity index (χ4v) is 1.69. The van der Waals surface area contributed by atoms with Gasteiger partial charge in [0.1, 0.15) is 0 Å². The zero-order valence-corrected chi connectivity index (χ0v) is 8.26. The van der Waals surface area contributed by atoms with Gasteiger partial charge < -0.3 is 0 Å². The van der Waals surface area contributed by atoms with Crippen molar-refractivity contribution in [2.75, 3.05) is 5.75 Å². The van der Waals surface area contributed by atoms with Crippen LogP contribution < -0.4 is 0 Å². The van der Waals surface area contributed by atoms with Gasteiger partial charge in [0.05, 0.1) is 10.7 Å².